The molecule has 0 unspecified atom stereocenters. The zero-order chi connectivity index (χ0) is 22.2. The van der Waals surface area contributed by atoms with Crippen LogP contribution in [0.25, 0.3) is 0 Å². The first-order chi connectivity index (χ1) is 15.7. The van der Waals surface area contributed by atoms with Crippen molar-refractivity contribution in [3.05, 3.63) is 65.5 Å². The van der Waals surface area contributed by atoms with Crippen LogP contribution in [-0.4, -0.2) is 57.6 Å². The Balaban J connectivity index is 1.49. The smallest absolute Gasteiger partial charge is 0.250 e. The molecule has 1 aliphatic rings. The third-order valence-electron chi connectivity index (χ3n) is 4.57. The second kappa shape index (κ2) is 10.5. The molecule has 166 valence electrons. The number of hydrogen-bond donors (Lipinski definition) is 4. The minimum Gasteiger partial charge on any atom is -0.507 e. The first-order valence-corrected chi connectivity index (χ1v) is 10.1. The van der Waals surface area contributed by atoms with Crippen molar-refractivity contribution in [1.82, 2.24) is 20.0 Å². The van der Waals surface area contributed by atoms with Gasteiger partial charge in [0.05, 0.1) is 19.4 Å². The molecule has 2 heterocycles. The summed E-state index contributed by atoms with van der Waals surface area (Å²) in [6.07, 6.45) is 1.47. The molecule has 1 fully saturated rings. The van der Waals surface area contributed by atoms with Crippen LogP contribution in [0.5, 0.6) is 5.75 Å². The summed E-state index contributed by atoms with van der Waals surface area (Å²) in [5, 5.41) is 19.0. The van der Waals surface area contributed by atoms with Gasteiger partial charge in [0.25, 0.3) is 0 Å². The van der Waals surface area contributed by atoms with Gasteiger partial charge in [-0.3, -0.25) is 5.43 Å². The predicted octanol–water partition coefficient (Wildman–Crippen LogP) is 2.43. The molecule has 1 aromatic heterocycles. The first kappa shape index (κ1) is 21.4. The summed E-state index contributed by atoms with van der Waals surface area (Å²) in [4.78, 5) is 13.1. The highest BCUT2D eigenvalue weighted by Gasteiger charge is 2.13. The van der Waals surface area contributed by atoms with Gasteiger partial charge >= 0.3 is 0 Å². The van der Waals surface area contributed by atoms with E-state index in [1.54, 1.807) is 36.4 Å². The molecular formula is C21H23FN8O2. The summed E-state index contributed by atoms with van der Waals surface area (Å²) in [6.45, 7) is 3.02. The highest BCUT2D eigenvalue weighted by molar-refractivity contribution is 5.83. The number of benzene rings is 2. The summed E-state index contributed by atoms with van der Waals surface area (Å²) in [5.74, 6) is 0.692. The van der Waals surface area contributed by atoms with Gasteiger partial charge in [0.2, 0.25) is 17.8 Å². The fraction of sp³-hybridized carbons (Fsp3) is 0.238. The van der Waals surface area contributed by atoms with Gasteiger partial charge in [-0.2, -0.15) is 20.1 Å². The molecular weight excluding hydrogens is 415 g/mol. The third-order valence-corrected chi connectivity index (χ3v) is 4.57. The maximum Gasteiger partial charge on any atom is 0.250 e. The monoisotopic (exact) mass is 438 g/mol. The number of rotatable bonds is 8. The maximum absolute atomic E-state index is 13.1. The largest absolute Gasteiger partial charge is 0.507 e. The van der Waals surface area contributed by atoms with Crippen molar-refractivity contribution in [2.75, 3.05) is 42.5 Å². The number of morpholine rings is 1. The minimum absolute atomic E-state index is 0.116. The van der Waals surface area contributed by atoms with Crippen LogP contribution in [-0.2, 0) is 11.3 Å². The lowest BCUT2D eigenvalue weighted by atomic mass is 10.2. The van der Waals surface area contributed by atoms with Gasteiger partial charge in [-0.15, -0.1) is 0 Å². The molecule has 0 saturated carbocycles. The Labute approximate surface area is 184 Å². The Morgan fingerprint density at radius 3 is 2.50 bits per heavy atom. The Hall–Kier alpha value is -3.83. The highest BCUT2D eigenvalue weighted by atomic mass is 19.1. The first-order valence-electron chi connectivity index (χ1n) is 10.1. The molecule has 1 aliphatic heterocycles. The number of nitrogens with one attached hydrogen (secondary N) is 3. The average Bonchev–Trinajstić information content (AvgIpc) is 2.81. The Morgan fingerprint density at radius 2 is 1.72 bits per heavy atom. The van der Waals surface area contributed by atoms with Crippen molar-refractivity contribution in [3.8, 4) is 5.75 Å². The highest BCUT2D eigenvalue weighted by Crippen LogP contribution is 2.14. The molecule has 0 radical (unpaired) electrons. The number of hydrazone groups is 1. The lowest BCUT2D eigenvalue weighted by molar-refractivity contribution is 0.0492. The molecule has 10 nitrogen and oxygen atoms in total. The molecule has 32 heavy (non-hydrogen) atoms. The second-order valence-electron chi connectivity index (χ2n) is 6.93. The van der Waals surface area contributed by atoms with Gasteiger partial charge in [-0.25, -0.2) is 14.8 Å². The summed E-state index contributed by atoms with van der Waals surface area (Å²) in [5.41, 5.74) is 7.35. The molecule has 0 aliphatic carbocycles. The number of phenols is 1. The molecule has 1 saturated heterocycles. The SMILES string of the molecule is Oc1ccccc1/C=N/Nc1nc(NCc2ccc(F)cc2)nc(NN2CCOCC2)n1. The quantitative estimate of drug-likeness (QED) is 0.310. The number of anilines is 3. The van der Waals surface area contributed by atoms with Crippen molar-refractivity contribution in [3.63, 3.8) is 0 Å². The Bertz CT molecular complexity index is 1060. The molecule has 0 atom stereocenters. The van der Waals surface area contributed by atoms with Gasteiger partial charge in [-0.05, 0) is 29.8 Å². The summed E-state index contributed by atoms with van der Waals surface area (Å²) < 4.78 is 18.5. The van der Waals surface area contributed by atoms with Crippen molar-refractivity contribution < 1.29 is 14.2 Å². The zero-order valence-electron chi connectivity index (χ0n) is 17.2. The molecule has 4 N–H and O–H groups in total. The van der Waals surface area contributed by atoms with E-state index in [0.717, 1.165) is 5.56 Å². The molecule has 11 heteroatoms. The maximum atomic E-state index is 13.1. The minimum atomic E-state index is -0.292. The van der Waals surface area contributed by atoms with Crippen molar-refractivity contribution in [1.29, 1.82) is 0 Å². The van der Waals surface area contributed by atoms with Crippen LogP contribution < -0.4 is 16.2 Å². The predicted molar refractivity (Wildman–Crippen MR) is 119 cm³/mol. The van der Waals surface area contributed by atoms with E-state index in [2.05, 4.69) is 36.2 Å². The van der Waals surface area contributed by atoms with Crippen molar-refractivity contribution >= 4 is 24.1 Å². The number of phenolic OH excluding ortho intramolecular Hbond substituents is 1. The number of para-hydroxylation sites is 1. The lowest BCUT2D eigenvalue weighted by Crippen LogP contribution is -2.40. The number of hydrazine groups is 1. The number of aromatic nitrogens is 3. The Kier molecular flexibility index (Phi) is 7.00. The summed E-state index contributed by atoms with van der Waals surface area (Å²) in [6, 6.07) is 13.0. The number of nitrogens with zero attached hydrogens (tertiary/aromatic N) is 5. The zero-order valence-corrected chi connectivity index (χ0v) is 17.2. The van der Waals surface area contributed by atoms with Gasteiger partial charge in [0.15, 0.2) is 0 Å². The van der Waals surface area contributed by atoms with E-state index in [0.29, 0.717) is 50.3 Å². The van der Waals surface area contributed by atoms with Gasteiger partial charge in [0, 0.05) is 25.2 Å². The van der Waals surface area contributed by atoms with Crippen molar-refractivity contribution in [2.24, 2.45) is 5.10 Å². The average molecular weight is 438 g/mol. The topological polar surface area (TPSA) is 120 Å². The van der Waals surface area contributed by atoms with Crippen LogP contribution in [0.15, 0.2) is 53.6 Å². The molecule has 2 aromatic carbocycles. The van der Waals surface area contributed by atoms with Crippen LogP contribution in [0.2, 0.25) is 0 Å². The normalized spacial score (nSPS) is 14.4. The van der Waals surface area contributed by atoms with Gasteiger partial charge in [-0.1, -0.05) is 24.3 Å². The lowest BCUT2D eigenvalue weighted by Gasteiger charge is -2.26. The van der Waals surface area contributed by atoms with Crippen LogP contribution in [0.1, 0.15) is 11.1 Å². The van der Waals surface area contributed by atoms with E-state index in [1.165, 1.54) is 18.3 Å². The fourth-order valence-corrected chi connectivity index (χ4v) is 2.91. The van der Waals surface area contributed by atoms with Gasteiger partial charge in [0.1, 0.15) is 11.6 Å². The molecule has 4 rings (SSSR count). The third kappa shape index (κ3) is 6.09. The van der Waals surface area contributed by atoms with E-state index in [4.69, 9.17) is 4.74 Å². The number of hydrogen-bond acceptors (Lipinski definition) is 10. The number of ether oxygens (including phenoxy) is 1. The van der Waals surface area contributed by atoms with E-state index >= 15 is 0 Å². The Morgan fingerprint density at radius 1 is 1.00 bits per heavy atom. The summed E-state index contributed by atoms with van der Waals surface area (Å²) >= 11 is 0. The van der Waals surface area contributed by atoms with Crippen LogP contribution in [0, 0.1) is 5.82 Å². The molecule has 0 spiro atoms. The van der Waals surface area contributed by atoms with E-state index in [-0.39, 0.29) is 17.5 Å². The van der Waals surface area contributed by atoms with Gasteiger partial charge < -0.3 is 15.2 Å². The molecule has 0 bridgehead atoms. The number of halogens is 1. The van der Waals surface area contributed by atoms with E-state index < -0.39 is 0 Å². The van der Waals surface area contributed by atoms with Crippen LogP contribution in [0.3, 0.4) is 0 Å². The van der Waals surface area contributed by atoms with E-state index in [9.17, 15) is 9.50 Å². The van der Waals surface area contributed by atoms with E-state index in [1.807, 2.05) is 5.01 Å². The second-order valence-corrected chi connectivity index (χ2v) is 6.93. The summed E-state index contributed by atoms with van der Waals surface area (Å²) in [7, 11) is 0. The van der Waals surface area contributed by atoms with Crippen molar-refractivity contribution in [2.45, 2.75) is 6.54 Å². The standard InChI is InChI=1S/C21H23FN8O2/c22-17-7-5-15(6-8-17)13-23-19-25-20(28-24-14-16-3-1-2-4-18(16)31)27-21(26-19)29-30-9-11-32-12-10-30/h1-8,14,31H,9-13H2,(H3,23,25,26,27,28,29)/b24-14+. The molecule has 3 aromatic rings. The number of aromatic hydroxyl groups is 1. The van der Waals surface area contributed by atoms with Crippen LogP contribution in [0.4, 0.5) is 22.2 Å². The van der Waals surface area contributed by atoms with Crippen LogP contribution >= 0.6 is 0 Å². The molecule has 0 amide bonds. The fourth-order valence-electron chi connectivity index (χ4n) is 2.91.